The lowest BCUT2D eigenvalue weighted by Crippen LogP contribution is -2.47. The third-order valence-corrected chi connectivity index (χ3v) is 5.24. The maximum atomic E-state index is 5.64. The van der Waals surface area contributed by atoms with Gasteiger partial charge in [0.1, 0.15) is 5.75 Å². The molecule has 158 valence electrons. The van der Waals surface area contributed by atoms with Crippen molar-refractivity contribution >= 4 is 5.96 Å². The number of nitrogens with one attached hydrogen (secondary N) is 2. The van der Waals surface area contributed by atoms with E-state index in [-0.39, 0.29) is 11.5 Å². The topological polar surface area (TPSA) is 52.1 Å². The number of methoxy groups -OCH3 is 1. The molecule has 28 heavy (non-hydrogen) atoms. The monoisotopic (exact) mass is 389 g/mol. The van der Waals surface area contributed by atoms with Crippen LogP contribution in [0.1, 0.15) is 38.3 Å². The number of guanidine groups is 1. The number of rotatable bonds is 9. The van der Waals surface area contributed by atoms with Gasteiger partial charge in [-0.15, -0.1) is 0 Å². The van der Waals surface area contributed by atoms with Gasteiger partial charge in [0, 0.05) is 32.2 Å². The van der Waals surface area contributed by atoms with Crippen molar-refractivity contribution in [1.82, 2.24) is 20.4 Å². The third-order valence-electron chi connectivity index (χ3n) is 5.24. The molecule has 1 atom stereocenters. The van der Waals surface area contributed by atoms with E-state index in [2.05, 4.69) is 71.6 Å². The summed E-state index contributed by atoms with van der Waals surface area (Å²) in [6.07, 6.45) is 2.52. The van der Waals surface area contributed by atoms with Crippen molar-refractivity contribution in [2.75, 3.05) is 61.0 Å². The zero-order valence-corrected chi connectivity index (χ0v) is 18.6. The van der Waals surface area contributed by atoms with E-state index < -0.39 is 0 Å². The molecule has 0 spiro atoms. The van der Waals surface area contributed by atoms with Gasteiger partial charge in [-0.05, 0) is 51.5 Å². The zero-order chi connectivity index (χ0) is 20.6. The molecule has 0 amide bonds. The second-order valence-corrected chi connectivity index (χ2v) is 8.71. The molecule has 1 fully saturated rings. The molecule has 1 aromatic carbocycles. The van der Waals surface area contributed by atoms with E-state index in [9.17, 15) is 0 Å². The molecular weight excluding hydrogens is 350 g/mol. The third kappa shape index (κ3) is 6.67. The number of likely N-dealkylation sites (tertiary alicyclic amines) is 1. The van der Waals surface area contributed by atoms with Crippen LogP contribution in [0.4, 0.5) is 0 Å². The number of ether oxygens (including phenoxy) is 1. The maximum absolute atomic E-state index is 5.64. The summed E-state index contributed by atoms with van der Waals surface area (Å²) in [5.41, 5.74) is 1.40. The lowest BCUT2D eigenvalue weighted by molar-refractivity contribution is 0.235. The van der Waals surface area contributed by atoms with Crippen LogP contribution in [-0.2, 0) is 0 Å². The Balaban J connectivity index is 2.03. The van der Waals surface area contributed by atoms with Crippen LogP contribution in [0.25, 0.3) is 0 Å². The molecule has 2 rings (SSSR count). The van der Waals surface area contributed by atoms with Crippen LogP contribution < -0.4 is 15.4 Å². The van der Waals surface area contributed by atoms with Crippen LogP contribution in [0, 0.1) is 5.41 Å². The molecule has 6 heteroatoms. The lowest BCUT2D eigenvalue weighted by Gasteiger charge is -2.31. The Morgan fingerprint density at radius 3 is 2.50 bits per heavy atom. The highest BCUT2D eigenvalue weighted by molar-refractivity contribution is 5.79. The predicted octanol–water partition coefficient (Wildman–Crippen LogP) is 2.58. The highest BCUT2D eigenvalue weighted by Gasteiger charge is 2.26. The van der Waals surface area contributed by atoms with E-state index in [4.69, 9.17) is 4.74 Å². The van der Waals surface area contributed by atoms with E-state index >= 15 is 0 Å². The Kier molecular flexibility index (Phi) is 8.58. The van der Waals surface area contributed by atoms with Gasteiger partial charge in [-0.25, -0.2) is 0 Å². The summed E-state index contributed by atoms with van der Waals surface area (Å²) in [5, 5.41) is 7.05. The van der Waals surface area contributed by atoms with Crippen LogP contribution in [0.2, 0.25) is 0 Å². The van der Waals surface area contributed by atoms with Crippen molar-refractivity contribution in [1.29, 1.82) is 0 Å². The predicted molar refractivity (Wildman–Crippen MR) is 118 cm³/mol. The number of hydrogen-bond donors (Lipinski definition) is 2. The largest absolute Gasteiger partial charge is 0.496 e. The summed E-state index contributed by atoms with van der Waals surface area (Å²) in [6, 6.07) is 8.63. The molecule has 1 aliphatic rings. The van der Waals surface area contributed by atoms with Gasteiger partial charge in [0.05, 0.1) is 13.2 Å². The smallest absolute Gasteiger partial charge is 0.191 e. The lowest BCUT2D eigenvalue weighted by atomic mass is 9.93. The standard InChI is InChI=1S/C22H39N5O/c1-22(2,17-26(4)5)16-25-21(23-3)24-15-19(27-13-9-10-14-27)18-11-7-8-12-20(18)28-6/h7-8,11-12,19H,9-10,13-17H2,1-6H3,(H2,23,24,25). The van der Waals surface area contributed by atoms with Crippen LogP contribution in [-0.4, -0.2) is 76.7 Å². The summed E-state index contributed by atoms with van der Waals surface area (Å²) in [5.74, 6) is 1.81. The van der Waals surface area contributed by atoms with Crippen LogP contribution >= 0.6 is 0 Å². The molecule has 2 N–H and O–H groups in total. The van der Waals surface area contributed by atoms with Crippen LogP contribution in [0.15, 0.2) is 29.3 Å². The van der Waals surface area contributed by atoms with Crippen molar-refractivity contribution in [3.63, 3.8) is 0 Å². The van der Waals surface area contributed by atoms with E-state index in [1.165, 1.54) is 18.4 Å². The second-order valence-electron chi connectivity index (χ2n) is 8.71. The average Bonchev–Trinajstić information content (AvgIpc) is 3.18. The Morgan fingerprint density at radius 2 is 1.89 bits per heavy atom. The Morgan fingerprint density at radius 1 is 1.21 bits per heavy atom. The number of para-hydroxylation sites is 1. The molecule has 6 nitrogen and oxygen atoms in total. The van der Waals surface area contributed by atoms with Gasteiger partial charge in [-0.1, -0.05) is 32.0 Å². The van der Waals surface area contributed by atoms with E-state index in [0.717, 1.165) is 44.4 Å². The van der Waals surface area contributed by atoms with Gasteiger partial charge in [0.25, 0.3) is 0 Å². The van der Waals surface area contributed by atoms with Gasteiger partial charge in [0.2, 0.25) is 0 Å². The minimum absolute atomic E-state index is 0.165. The molecule has 0 saturated carbocycles. The molecule has 1 unspecified atom stereocenters. The first-order chi connectivity index (χ1) is 13.4. The molecule has 1 saturated heterocycles. The molecular formula is C22H39N5O. The van der Waals surface area contributed by atoms with Gasteiger partial charge in [-0.2, -0.15) is 0 Å². The van der Waals surface area contributed by atoms with Crippen LogP contribution in [0.3, 0.4) is 0 Å². The maximum Gasteiger partial charge on any atom is 0.191 e. The van der Waals surface area contributed by atoms with E-state index in [1.54, 1.807) is 7.11 Å². The van der Waals surface area contributed by atoms with Crippen LogP contribution in [0.5, 0.6) is 5.75 Å². The van der Waals surface area contributed by atoms with Gasteiger partial charge >= 0.3 is 0 Å². The fraction of sp³-hybridized carbons (Fsp3) is 0.682. The van der Waals surface area contributed by atoms with Crippen molar-refractivity contribution in [2.45, 2.75) is 32.7 Å². The van der Waals surface area contributed by atoms with Gasteiger partial charge in [0.15, 0.2) is 5.96 Å². The molecule has 0 aliphatic carbocycles. The first kappa shape index (κ1) is 22.5. The summed E-state index contributed by atoms with van der Waals surface area (Å²) in [4.78, 5) is 9.21. The molecule has 1 heterocycles. The molecule has 1 aliphatic heterocycles. The average molecular weight is 390 g/mol. The number of aliphatic imine (C=N–C) groups is 1. The molecule has 0 radical (unpaired) electrons. The van der Waals surface area contributed by atoms with Crippen molar-refractivity contribution in [2.24, 2.45) is 10.4 Å². The SMILES string of the molecule is CN=C(NCC(c1ccccc1OC)N1CCCC1)NCC(C)(C)CN(C)C. The number of nitrogens with zero attached hydrogens (tertiary/aromatic N) is 3. The Labute approximate surface area is 171 Å². The molecule has 0 aromatic heterocycles. The summed E-state index contributed by atoms with van der Waals surface area (Å²) in [7, 11) is 7.81. The summed E-state index contributed by atoms with van der Waals surface area (Å²) >= 11 is 0. The Bertz CT molecular complexity index is 623. The number of hydrogen-bond acceptors (Lipinski definition) is 4. The minimum atomic E-state index is 0.165. The van der Waals surface area contributed by atoms with E-state index in [0.29, 0.717) is 0 Å². The highest BCUT2D eigenvalue weighted by Crippen LogP contribution is 2.31. The second kappa shape index (κ2) is 10.7. The normalized spacial score (nSPS) is 17.0. The molecule has 0 bridgehead atoms. The van der Waals surface area contributed by atoms with Gasteiger partial charge in [-0.3, -0.25) is 9.89 Å². The molecule has 1 aromatic rings. The van der Waals surface area contributed by atoms with E-state index in [1.807, 2.05) is 13.1 Å². The quantitative estimate of drug-likeness (QED) is 0.502. The fourth-order valence-electron chi connectivity index (χ4n) is 4.08. The Hall–Kier alpha value is -1.79. The van der Waals surface area contributed by atoms with Gasteiger partial charge < -0.3 is 20.3 Å². The highest BCUT2D eigenvalue weighted by atomic mass is 16.5. The first-order valence-electron chi connectivity index (χ1n) is 10.3. The first-order valence-corrected chi connectivity index (χ1v) is 10.3. The van der Waals surface area contributed by atoms with Crippen molar-refractivity contribution in [3.05, 3.63) is 29.8 Å². The fourth-order valence-corrected chi connectivity index (χ4v) is 4.08. The van der Waals surface area contributed by atoms with Crippen molar-refractivity contribution < 1.29 is 4.74 Å². The number of benzene rings is 1. The zero-order valence-electron chi connectivity index (χ0n) is 18.6. The summed E-state index contributed by atoms with van der Waals surface area (Å²) in [6.45, 7) is 9.50. The summed E-state index contributed by atoms with van der Waals surface area (Å²) < 4.78 is 5.64. The minimum Gasteiger partial charge on any atom is -0.496 e. The van der Waals surface area contributed by atoms with Crippen molar-refractivity contribution in [3.8, 4) is 5.75 Å².